The Morgan fingerprint density at radius 3 is 2.46 bits per heavy atom. The van der Waals surface area contributed by atoms with E-state index in [0.717, 1.165) is 12.8 Å². The topological polar surface area (TPSA) is 122 Å². The van der Waals surface area contributed by atoms with Gasteiger partial charge in [0.2, 0.25) is 0 Å². The number of aliphatic carboxylic acids is 1. The maximum atomic E-state index is 12.3. The first-order chi connectivity index (χ1) is 11.4. The molecule has 128 valence electrons. The third-order valence-electron chi connectivity index (χ3n) is 4.51. The highest BCUT2D eigenvalue weighted by molar-refractivity contribution is 5.96. The van der Waals surface area contributed by atoms with E-state index in [2.05, 4.69) is 10.6 Å². The van der Waals surface area contributed by atoms with Crippen LogP contribution in [0.4, 0.5) is 11.4 Å². The summed E-state index contributed by atoms with van der Waals surface area (Å²) in [6.45, 7) is 0. The number of rotatable bonds is 6. The lowest BCUT2D eigenvalue weighted by Gasteiger charge is -2.13. The number of carboxylic acids is 1. The van der Waals surface area contributed by atoms with Crippen LogP contribution in [0.1, 0.15) is 42.5 Å². The highest BCUT2D eigenvalue weighted by Crippen LogP contribution is 2.32. The molecule has 0 aliphatic heterocycles. The minimum atomic E-state index is -0.849. The minimum absolute atomic E-state index is 0.121. The van der Waals surface area contributed by atoms with E-state index in [1.165, 1.54) is 6.07 Å². The van der Waals surface area contributed by atoms with E-state index in [0.29, 0.717) is 24.9 Å². The summed E-state index contributed by atoms with van der Waals surface area (Å²) < 4.78 is 0. The van der Waals surface area contributed by atoms with E-state index >= 15 is 0 Å². The summed E-state index contributed by atoms with van der Waals surface area (Å²) in [6.07, 6.45) is 3.51. The second kappa shape index (κ2) is 6.46. The lowest BCUT2D eigenvalue weighted by atomic mass is 10.1. The molecule has 0 spiro atoms. The summed E-state index contributed by atoms with van der Waals surface area (Å²) in [5.74, 6) is -1.69. The summed E-state index contributed by atoms with van der Waals surface area (Å²) in [6, 6.07) is 4.44. The number of nitrogens with one attached hydrogen (secondary N) is 2. The van der Waals surface area contributed by atoms with Crippen LogP contribution < -0.4 is 10.6 Å². The minimum Gasteiger partial charge on any atom is -0.481 e. The molecule has 0 bridgehead atoms. The van der Waals surface area contributed by atoms with Crippen LogP contribution in [0.15, 0.2) is 18.2 Å². The van der Waals surface area contributed by atoms with Gasteiger partial charge in [-0.1, -0.05) is 0 Å². The number of hydrogen-bond acceptors (Lipinski definition) is 5. The number of anilines is 1. The molecule has 1 aromatic carbocycles. The molecule has 2 atom stereocenters. The molecule has 0 heterocycles. The highest BCUT2D eigenvalue weighted by atomic mass is 16.6. The van der Waals surface area contributed by atoms with Gasteiger partial charge in [-0.15, -0.1) is 0 Å². The van der Waals surface area contributed by atoms with Gasteiger partial charge in [0.25, 0.3) is 11.6 Å². The molecule has 24 heavy (non-hydrogen) atoms. The molecule has 2 fully saturated rings. The molecule has 1 amide bonds. The molecule has 2 aliphatic carbocycles. The van der Waals surface area contributed by atoms with Gasteiger partial charge in [-0.3, -0.25) is 19.7 Å². The van der Waals surface area contributed by atoms with E-state index in [4.69, 9.17) is 5.11 Å². The maximum absolute atomic E-state index is 12.3. The third-order valence-corrected chi connectivity index (χ3v) is 4.51. The average molecular weight is 333 g/mol. The standard InChI is InChI=1S/C16H19N3O5/c20-15(18-12-3-1-10(7-12)16(21)22)9-2-6-13(17-11-4-5-11)14(8-9)19(23)24/h2,6,8,10-12,17H,1,3-5,7H2,(H,18,20)(H,21,22)/t10-,12+/m0/s1. The Kier molecular flexibility index (Phi) is 4.37. The molecule has 0 saturated heterocycles. The Morgan fingerprint density at radius 1 is 1.17 bits per heavy atom. The number of nitrogens with zero attached hydrogens (tertiary/aromatic N) is 1. The van der Waals surface area contributed by atoms with E-state index in [-0.39, 0.29) is 23.3 Å². The van der Waals surface area contributed by atoms with Crippen LogP contribution in [0, 0.1) is 16.0 Å². The average Bonchev–Trinajstić information content (AvgIpc) is 3.22. The summed E-state index contributed by atoms with van der Waals surface area (Å²) >= 11 is 0. The number of carbonyl (C=O) groups excluding carboxylic acids is 1. The molecule has 1 aromatic rings. The Bertz CT molecular complexity index is 686. The van der Waals surface area contributed by atoms with Crippen LogP contribution in [0.2, 0.25) is 0 Å². The first-order valence-corrected chi connectivity index (χ1v) is 8.02. The van der Waals surface area contributed by atoms with Gasteiger partial charge in [0.05, 0.1) is 10.8 Å². The monoisotopic (exact) mass is 333 g/mol. The Balaban J connectivity index is 1.69. The summed E-state index contributed by atoms with van der Waals surface area (Å²) in [5, 5.41) is 26.1. The van der Waals surface area contributed by atoms with Crippen LogP contribution in [0.25, 0.3) is 0 Å². The van der Waals surface area contributed by atoms with Crippen molar-refractivity contribution in [3.63, 3.8) is 0 Å². The van der Waals surface area contributed by atoms with Crippen molar-refractivity contribution >= 4 is 23.3 Å². The quantitative estimate of drug-likeness (QED) is 0.542. The van der Waals surface area contributed by atoms with E-state index in [1.807, 2.05) is 0 Å². The van der Waals surface area contributed by atoms with Gasteiger partial charge in [0.15, 0.2) is 0 Å². The zero-order chi connectivity index (χ0) is 17.3. The number of hydrogen-bond donors (Lipinski definition) is 3. The Morgan fingerprint density at radius 2 is 1.88 bits per heavy atom. The molecule has 0 aromatic heterocycles. The summed E-state index contributed by atoms with van der Waals surface area (Å²) in [5.41, 5.74) is 0.511. The van der Waals surface area contributed by atoms with Gasteiger partial charge in [-0.05, 0) is 44.2 Å². The van der Waals surface area contributed by atoms with Crippen molar-refractivity contribution in [2.75, 3.05) is 5.32 Å². The maximum Gasteiger partial charge on any atom is 0.306 e. The smallest absolute Gasteiger partial charge is 0.306 e. The Hall–Kier alpha value is -2.64. The zero-order valence-electron chi connectivity index (χ0n) is 13.0. The fourth-order valence-corrected chi connectivity index (χ4v) is 3.00. The lowest BCUT2D eigenvalue weighted by Crippen LogP contribution is -2.33. The van der Waals surface area contributed by atoms with Crippen LogP contribution in [0.5, 0.6) is 0 Å². The molecule has 0 unspecified atom stereocenters. The fraction of sp³-hybridized carbons (Fsp3) is 0.500. The Labute approximate surface area is 138 Å². The van der Waals surface area contributed by atoms with Gasteiger partial charge < -0.3 is 15.7 Å². The number of nitro groups is 1. The summed E-state index contributed by atoms with van der Waals surface area (Å²) in [4.78, 5) is 34.0. The molecule has 0 radical (unpaired) electrons. The van der Waals surface area contributed by atoms with Crippen LogP contribution in [-0.4, -0.2) is 34.0 Å². The van der Waals surface area contributed by atoms with Crippen LogP contribution >= 0.6 is 0 Å². The third kappa shape index (κ3) is 3.64. The number of benzene rings is 1. The lowest BCUT2D eigenvalue weighted by molar-refractivity contribution is -0.384. The van der Waals surface area contributed by atoms with Crippen LogP contribution in [-0.2, 0) is 4.79 Å². The first kappa shape index (κ1) is 16.2. The van der Waals surface area contributed by atoms with Crippen molar-refractivity contribution in [2.24, 2.45) is 5.92 Å². The fourth-order valence-electron chi connectivity index (χ4n) is 3.00. The van der Waals surface area contributed by atoms with E-state index in [1.54, 1.807) is 12.1 Å². The highest BCUT2D eigenvalue weighted by Gasteiger charge is 2.31. The van der Waals surface area contributed by atoms with E-state index < -0.39 is 22.7 Å². The van der Waals surface area contributed by atoms with Crippen molar-refractivity contribution in [2.45, 2.75) is 44.2 Å². The van der Waals surface area contributed by atoms with Crippen molar-refractivity contribution < 1.29 is 19.6 Å². The molecule has 8 heteroatoms. The van der Waals surface area contributed by atoms with E-state index in [9.17, 15) is 19.7 Å². The first-order valence-electron chi connectivity index (χ1n) is 8.02. The van der Waals surface area contributed by atoms with Crippen molar-refractivity contribution in [3.8, 4) is 0 Å². The molecular weight excluding hydrogens is 314 g/mol. The van der Waals surface area contributed by atoms with Gasteiger partial charge in [0.1, 0.15) is 5.69 Å². The summed E-state index contributed by atoms with van der Waals surface area (Å²) in [7, 11) is 0. The van der Waals surface area contributed by atoms with Crippen molar-refractivity contribution in [1.82, 2.24) is 5.32 Å². The van der Waals surface area contributed by atoms with Gasteiger partial charge in [0, 0.05) is 23.7 Å². The largest absolute Gasteiger partial charge is 0.481 e. The predicted octanol–water partition coefficient (Wildman–Crippen LogP) is 2.15. The molecule has 3 N–H and O–H groups in total. The van der Waals surface area contributed by atoms with Crippen LogP contribution in [0.3, 0.4) is 0 Å². The number of carboxylic acid groups (broad SMARTS) is 1. The van der Waals surface area contributed by atoms with Gasteiger partial charge >= 0.3 is 5.97 Å². The zero-order valence-corrected chi connectivity index (χ0v) is 13.0. The molecular formula is C16H19N3O5. The van der Waals surface area contributed by atoms with Crippen molar-refractivity contribution in [1.29, 1.82) is 0 Å². The number of amides is 1. The predicted molar refractivity (Wildman–Crippen MR) is 86.0 cm³/mol. The van der Waals surface area contributed by atoms with Crippen molar-refractivity contribution in [3.05, 3.63) is 33.9 Å². The van der Waals surface area contributed by atoms with Gasteiger partial charge in [-0.2, -0.15) is 0 Å². The normalized spacial score (nSPS) is 22.8. The number of nitro benzene ring substituents is 1. The molecule has 2 aliphatic rings. The number of carbonyl (C=O) groups is 2. The molecule has 8 nitrogen and oxygen atoms in total. The SMILES string of the molecule is O=C(N[C@@H]1CC[C@H](C(=O)O)C1)c1ccc(NC2CC2)c([N+](=O)[O-])c1. The second-order valence-electron chi connectivity index (χ2n) is 6.43. The second-order valence-corrected chi connectivity index (χ2v) is 6.43. The van der Waals surface area contributed by atoms with Gasteiger partial charge in [-0.25, -0.2) is 0 Å². The molecule has 2 saturated carbocycles. The molecule has 3 rings (SSSR count).